The van der Waals surface area contributed by atoms with Gasteiger partial charge in [0.2, 0.25) is 0 Å². The maximum absolute atomic E-state index is 12.8. The van der Waals surface area contributed by atoms with Crippen molar-refractivity contribution >= 4 is 11.6 Å². The maximum atomic E-state index is 12.8. The van der Waals surface area contributed by atoms with Crippen LogP contribution in [-0.4, -0.2) is 27.1 Å². The van der Waals surface area contributed by atoms with Crippen molar-refractivity contribution in [3.05, 3.63) is 46.8 Å². The molecule has 0 atom stereocenters. The van der Waals surface area contributed by atoms with Crippen LogP contribution in [0.3, 0.4) is 0 Å². The van der Waals surface area contributed by atoms with Gasteiger partial charge in [-0.3, -0.25) is 9.48 Å². The second-order valence-corrected chi connectivity index (χ2v) is 5.23. The van der Waals surface area contributed by atoms with Gasteiger partial charge in [-0.1, -0.05) is 12.1 Å². The number of nitrogen functional groups attached to an aromatic ring is 1. The number of nitrogens with two attached hydrogens (primary N) is 1. The number of carbonyl (C=O) groups excluding carboxylic acids is 1. The van der Waals surface area contributed by atoms with E-state index in [1.54, 1.807) is 4.68 Å². The van der Waals surface area contributed by atoms with Gasteiger partial charge in [0.05, 0.1) is 11.3 Å². The third-order valence-electron chi connectivity index (χ3n) is 3.74. The lowest BCUT2D eigenvalue weighted by Crippen LogP contribution is -2.31. The van der Waals surface area contributed by atoms with Gasteiger partial charge in [0.25, 0.3) is 5.91 Å². The van der Waals surface area contributed by atoms with E-state index in [1.165, 1.54) is 0 Å². The average molecular weight is 286 g/mol. The lowest BCUT2D eigenvalue weighted by Gasteiger charge is -2.21. The number of hydrogen-bond acceptors (Lipinski definition) is 3. The van der Waals surface area contributed by atoms with Crippen LogP contribution >= 0.6 is 0 Å². The predicted molar refractivity (Wildman–Crippen MR) is 84.0 cm³/mol. The summed E-state index contributed by atoms with van der Waals surface area (Å²) in [6, 6.07) is 7.62. The Labute approximate surface area is 125 Å². The molecule has 5 nitrogen and oxygen atoms in total. The molecule has 0 bridgehead atoms. The highest BCUT2D eigenvalue weighted by Crippen LogP contribution is 2.17. The first-order chi connectivity index (χ1) is 9.93. The van der Waals surface area contributed by atoms with Crippen LogP contribution < -0.4 is 5.73 Å². The number of benzene rings is 1. The Bertz CT molecular complexity index is 643. The van der Waals surface area contributed by atoms with Crippen molar-refractivity contribution in [3.8, 4) is 0 Å². The summed E-state index contributed by atoms with van der Waals surface area (Å²) in [5.41, 5.74) is 9.86. The van der Waals surface area contributed by atoms with Gasteiger partial charge >= 0.3 is 0 Å². The van der Waals surface area contributed by atoms with Crippen LogP contribution in [-0.2, 0) is 13.6 Å². The Morgan fingerprint density at radius 3 is 2.38 bits per heavy atom. The van der Waals surface area contributed by atoms with E-state index in [1.807, 2.05) is 57.0 Å². The first-order valence-corrected chi connectivity index (χ1v) is 7.08. The third-order valence-corrected chi connectivity index (χ3v) is 3.74. The van der Waals surface area contributed by atoms with Gasteiger partial charge in [-0.2, -0.15) is 5.10 Å². The predicted octanol–water partition coefficient (Wildman–Crippen LogP) is 2.28. The highest BCUT2D eigenvalue weighted by atomic mass is 16.2. The fourth-order valence-electron chi connectivity index (χ4n) is 2.41. The molecule has 0 saturated carbocycles. The first-order valence-electron chi connectivity index (χ1n) is 7.08. The molecule has 112 valence electrons. The largest absolute Gasteiger partial charge is 0.399 e. The van der Waals surface area contributed by atoms with Crippen LogP contribution in [0.1, 0.15) is 34.2 Å². The fraction of sp³-hybridized carbons (Fsp3) is 0.375. The Balaban J connectivity index is 2.24. The van der Waals surface area contributed by atoms with E-state index >= 15 is 0 Å². The number of amides is 1. The molecule has 2 N–H and O–H groups in total. The maximum Gasteiger partial charge on any atom is 0.257 e. The summed E-state index contributed by atoms with van der Waals surface area (Å²) in [6.07, 6.45) is 0. The summed E-state index contributed by atoms with van der Waals surface area (Å²) in [5.74, 6) is 0.0254. The smallest absolute Gasteiger partial charge is 0.257 e. The van der Waals surface area contributed by atoms with Gasteiger partial charge in [-0.15, -0.1) is 0 Å². The van der Waals surface area contributed by atoms with Crippen LogP contribution in [0.2, 0.25) is 0 Å². The highest BCUT2D eigenvalue weighted by molar-refractivity contribution is 5.96. The molecule has 0 unspecified atom stereocenters. The first kappa shape index (κ1) is 15.1. The molecule has 0 radical (unpaired) electrons. The normalized spacial score (nSPS) is 10.7. The summed E-state index contributed by atoms with van der Waals surface area (Å²) in [4.78, 5) is 14.6. The topological polar surface area (TPSA) is 64.2 Å². The van der Waals surface area contributed by atoms with E-state index in [4.69, 9.17) is 5.73 Å². The summed E-state index contributed by atoms with van der Waals surface area (Å²) in [6.45, 7) is 7.00. The fourth-order valence-corrected chi connectivity index (χ4v) is 2.41. The average Bonchev–Trinajstić information content (AvgIpc) is 2.71. The molecule has 0 aliphatic heterocycles. The lowest BCUT2D eigenvalue weighted by molar-refractivity contribution is 0.0751. The van der Waals surface area contributed by atoms with E-state index in [0.717, 1.165) is 22.6 Å². The van der Waals surface area contributed by atoms with E-state index in [9.17, 15) is 4.79 Å². The Kier molecular flexibility index (Phi) is 4.31. The molecule has 0 spiro atoms. The molecule has 1 amide bonds. The Morgan fingerprint density at radius 2 is 1.90 bits per heavy atom. The standard InChI is InChI=1S/C16H22N4O/c1-5-20(10-13-6-8-14(17)9-7-13)16(21)15-11(2)18-19(4)12(15)3/h6-9H,5,10,17H2,1-4H3. The summed E-state index contributed by atoms with van der Waals surface area (Å²) < 4.78 is 1.75. The molecule has 0 fully saturated rings. The molecule has 2 rings (SSSR count). The van der Waals surface area contributed by atoms with Gasteiger partial charge < -0.3 is 10.6 Å². The van der Waals surface area contributed by atoms with Crippen LogP contribution in [0.4, 0.5) is 5.69 Å². The van der Waals surface area contributed by atoms with Crippen LogP contribution in [0.5, 0.6) is 0 Å². The van der Waals surface area contributed by atoms with E-state index in [2.05, 4.69) is 5.10 Å². The number of carbonyl (C=O) groups is 1. The van der Waals surface area contributed by atoms with Gasteiger partial charge in [-0.05, 0) is 38.5 Å². The van der Waals surface area contributed by atoms with Crippen molar-refractivity contribution in [1.29, 1.82) is 0 Å². The van der Waals surface area contributed by atoms with E-state index in [0.29, 0.717) is 18.7 Å². The molecule has 1 aromatic heterocycles. The number of aromatic nitrogens is 2. The van der Waals surface area contributed by atoms with E-state index < -0.39 is 0 Å². The molecule has 21 heavy (non-hydrogen) atoms. The molecule has 5 heteroatoms. The van der Waals surface area contributed by atoms with Gasteiger partial charge in [0, 0.05) is 31.5 Å². The minimum Gasteiger partial charge on any atom is -0.399 e. The number of rotatable bonds is 4. The zero-order chi connectivity index (χ0) is 15.6. The summed E-state index contributed by atoms with van der Waals surface area (Å²) >= 11 is 0. The van der Waals surface area contributed by atoms with Crippen LogP contribution in [0, 0.1) is 13.8 Å². The minimum atomic E-state index is 0.0254. The number of anilines is 1. The van der Waals surface area contributed by atoms with Gasteiger partial charge in [0.1, 0.15) is 0 Å². The third kappa shape index (κ3) is 3.07. The molecular formula is C16H22N4O. The Hall–Kier alpha value is -2.30. The molecule has 1 aromatic carbocycles. The van der Waals surface area contributed by atoms with Crippen molar-refractivity contribution in [2.24, 2.45) is 7.05 Å². The van der Waals surface area contributed by atoms with E-state index in [-0.39, 0.29) is 5.91 Å². The van der Waals surface area contributed by atoms with Crippen molar-refractivity contribution in [2.75, 3.05) is 12.3 Å². The minimum absolute atomic E-state index is 0.0254. The SMILES string of the molecule is CCN(Cc1ccc(N)cc1)C(=O)c1c(C)nn(C)c1C. The quantitative estimate of drug-likeness (QED) is 0.877. The van der Waals surface area contributed by atoms with Crippen molar-refractivity contribution in [3.63, 3.8) is 0 Å². The zero-order valence-electron chi connectivity index (χ0n) is 13.1. The number of hydrogen-bond donors (Lipinski definition) is 1. The van der Waals surface area contributed by atoms with Gasteiger partial charge in [-0.25, -0.2) is 0 Å². The molecule has 0 aliphatic rings. The molecular weight excluding hydrogens is 264 g/mol. The molecule has 2 aromatic rings. The van der Waals surface area contributed by atoms with Crippen molar-refractivity contribution < 1.29 is 4.79 Å². The lowest BCUT2D eigenvalue weighted by atomic mass is 10.1. The Morgan fingerprint density at radius 1 is 1.29 bits per heavy atom. The monoisotopic (exact) mass is 286 g/mol. The molecule has 0 aliphatic carbocycles. The highest BCUT2D eigenvalue weighted by Gasteiger charge is 2.22. The molecule has 1 heterocycles. The molecule has 0 saturated heterocycles. The second kappa shape index (κ2) is 5.99. The van der Waals surface area contributed by atoms with Gasteiger partial charge in [0.15, 0.2) is 0 Å². The summed E-state index contributed by atoms with van der Waals surface area (Å²) in [7, 11) is 1.86. The van der Waals surface area contributed by atoms with Crippen LogP contribution in [0.25, 0.3) is 0 Å². The zero-order valence-corrected chi connectivity index (χ0v) is 13.1. The van der Waals surface area contributed by atoms with Crippen molar-refractivity contribution in [2.45, 2.75) is 27.3 Å². The number of aryl methyl sites for hydroxylation is 2. The van der Waals surface area contributed by atoms with Crippen molar-refractivity contribution in [1.82, 2.24) is 14.7 Å². The number of nitrogens with zero attached hydrogens (tertiary/aromatic N) is 3. The van der Waals surface area contributed by atoms with Crippen LogP contribution in [0.15, 0.2) is 24.3 Å². The second-order valence-electron chi connectivity index (χ2n) is 5.23. The summed E-state index contributed by atoms with van der Waals surface area (Å²) in [5, 5.41) is 4.32.